The first-order valence-corrected chi connectivity index (χ1v) is 8.86. The highest BCUT2D eigenvalue weighted by Crippen LogP contribution is 2.23. The van der Waals surface area contributed by atoms with Crippen LogP contribution in [0.2, 0.25) is 5.02 Å². The van der Waals surface area contributed by atoms with Gasteiger partial charge in [0.25, 0.3) is 0 Å². The van der Waals surface area contributed by atoms with Gasteiger partial charge in [-0.15, -0.1) is 0 Å². The highest BCUT2D eigenvalue weighted by Gasteiger charge is 2.21. The zero-order valence-corrected chi connectivity index (χ0v) is 14.7. The van der Waals surface area contributed by atoms with Crippen LogP contribution in [-0.4, -0.2) is 40.0 Å². The lowest BCUT2D eigenvalue weighted by molar-refractivity contribution is -0.121. The molecule has 1 aliphatic rings. The molecule has 3 rings (SSSR count). The van der Waals surface area contributed by atoms with E-state index in [2.05, 4.69) is 21.3 Å². The highest BCUT2D eigenvalue weighted by atomic mass is 35.5. The Morgan fingerprint density at radius 3 is 3.00 bits per heavy atom. The third-order valence-electron chi connectivity index (χ3n) is 4.38. The van der Waals surface area contributed by atoms with E-state index in [1.54, 1.807) is 18.3 Å². The van der Waals surface area contributed by atoms with Crippen LogP contribution in [0.1, 0.15) is 24.0 Å². The number of phenolic OH excluding ortho intramolecular Hbond substituents is 1. The molecule has 1 atom stereocenters. The monoisotopic (exact) mass is 359 g/mol. The Kier molecular flexibility index (Phi) is 5.89. The Morgan fingerprint density at radius 2 is 2.24 bits per heavy atom. The van der Waals surface area contributed by atoms with Crippen LogP contribution in [0.5, 0.6) is 5.75 Å². The number of likely N-dealkylation sites (tertiary alicyclic amines) is 1. The third kappa shape index (κ3) is 5.18. The molecule has 0 aliphatic carbocycles. The van der Waals surface area contributed by atoms with Crippen molar-refractivity contribution in [2.24, 2.45) is 0 Å². The van der Waals surface area contributed by atoms with Crippen molar-refractivity contribution in [3.05, 3.63) is 58.9 Å². The van der Waals surface area contributed by atoms with Crippen molar-refractivity contribution in [2.75, 3.05) is 13.1 Å². The molecule has 0 radical (unpaired) electrons. The van der Waals surface area contributed by atoms with Crippen LogP contribution in [0.15, 0.2) is 42.7 Å². The lowest BCUT2D eigenvalue weighted by Crippen LogP contribution is -2.47. The van der Waals surface area contributed by atoms with Gasteiger partial charge in [-0.3, -0.25) is 14.7 Å². The molecule has 2 aromatic rings. The first-order chi connectivity index (χ1) is 12.1. The molecule has 2 N–H and O–H groups in total. The fourth-order valence-electron chi connectivity index (χ4n) is 3.19. The fourth-order valence-corrected chi connectivity index (χ4v) is 3.39. The number of pyridine rings is 1. The summed E-state index contributed by atoms with van der Waals surface area (Å²) in [4.78, 5) is 18.8. The first-order valence-electron chi connectivity index (χ1n) is 8.48. The number of benzene rings is 1. The average Bonchev–Trinajstić information content (AvgIpc) is 2.59. The van der Waals surface area contributed by atoms with E-state index in [4.69, 9.17) is 11.6 Å². The van der Waals surface area contributed by atoms with Gasteiger partial charge in [0.05, 0.1) is 11.4 Å². The van der Waals surface area contributed by atoms with Gasteiger partial charge in [-0.25, -0.2) is 0 Å². The van der Waals surface area contributed by atoms with Crippen LogP contribution in [0.4, 0.5) is 0 Å². The fraction of sp³-hybridized carbons (Fsp3) is 0.368. The van der Waals surface area contributed by atoms with E-state index in [0.717, 1.165) is 38.0 Å². The summed E-state index contributed by atoms with van der Waals surface area (Å²) in [5, 5.41) is 12.8. The van der Waals surface area contributed by atoms with Gasteiger partial charge in [-0.2, -0.15) is 0 Å². The number of hydrogen-bond acceptors (Lipinski definition) is 4. The van der Waals surface area contributed by atoms with E-state index >= 15 is 0 Å². The number of rotatable bonds is 5. The van der Waals surface area contributed by atoms with Gasteiger partial charge in [-0.1, -0.05) is 23.7 Å². The molecular weight excluding hydrogens is 338 g/mol. The predicted octanol–water partition coefficient (Wildman–Crippen LogP) is 2.76. The minimum absolute atomic E-state index is 0.0185. The average molecular weight is 360 g/mol. The summed E-state index contributed by atoms with van der Waals surface area (Å²) in [5.74, 6) is 0.0131. The normalized spacial score (nSPS) is 18.0. The Balaban J connectivity index is 1.51. The molecule has 0 saturated carbocycles. The molecule has 1 saturated heterocycles. The maximum Gasteiger partial charge on any atom is 0.224 e. The number of piperidine rings is 1. The van der Waals surface area contributed by atoms with E-state index in [9.17, 15) is 9.90 Å². The Bertz CT molecular complexity index is 724. The molecule has 132 valence electrons. The van der Waals surface area contributed by atoms with Gasteiger partial charge < -0.3 is 10.4 Å². The lowest BCUT2D eigenvalue weighted by Gasteiger charge is -2.33. The Hall–Kier alpha value is -2.11. The summed E-state index contributed by atoms with van der Waals surface area (Å²) in [6.07, 6.45) is 5.98. The molecule has 6 heteroatoms. The molecule has 2 heterocycles. The van der Waals surface area contributed by atoms with Crippen LogP contribution in [0, 0.1) is 0 Å². The number of carbonyl (C=O) groups excluding carboxylic acids is 1. The predicted molar refractivity (Wildman–Crippen MR) is 97.5 cm³/mol. The van der Waals surface area contributed by atoms with Crippen molar-refractivity contribution in [3.63, 3.8) is 0 Å². The zero-order valence-electron chi connectivity index (χ0n) is 14.0. The number of aromatic hydroxyl groups is 1. The van der Waals surface area contributed by atoms with Crippen LogP contribution in [0.3, 0.4) is 0 Å². The van der Waals surface area contributed by atoms with Gasteiger partial charge in [0.15, 0.2) is 0 Å². The molecule has 5 nitrogen and oxygen atoms in total. The van der Waals surface area contributed by atoms with E-state index < -0.39 is 0 Å². The second-order valence-electron chi connectivity index (χ2n) is 6.47. The quantitative estimate of drug-likeness (QED) is 0.861. The maximum atomic E-state index is 12.3. The van der Waals surface area contributed by atoms with Crippen LogP contribution in [-0.2, 0) is 17.8 Å². The zero-order chi connectivity index (χ0) is 17.6. The highest BCUT2D eigenvalue weighted by molar-refractivity contribution is 6.32. The second kappa shape index (κ2) is 8.32. The molecule has 0 spiro atoms. The number of hydrogen-bond donors (Lipinski definition) is 2. The van der Waals surface area contributed by atoms with Crippen molar-refractivity contribution >= 4 is 17.5 Å². The molecular formula is C19H22ClN3O2. The Labute approximate surface area is 152 Å². The summed E-state index contributed by atoms with van der Waals surface area (Å²) < 4.78 is 0. The Morgan fingerprint density at radius 1 is 1.36 bits per heavy atom. The summed E-state index contributed by atoms with van der Waals surface area (Å²) >= 11 is 5.89. The SMILES string of the molecule is O=C(Cc1ccc(O)c(Cl)c1)N[C@H]1CCCN(Cc2cccnc2)C1. The minimum atomic E-state index is -0.0185. The minimum Gasteiger partial charge on any atom is -0.506 e. The molecule has 1 amide bonds. The van der Waals surface area contributed by atoms with E-state index in [0.29, 0.717) is 0 Å². The molecule has 1 aromatic heterocycles. The smallest absolute Gasteiger partial charge is 0.224 e. The number of amides is 1. The summed E-state index contributed by atoms with van der Waals surface area (Å²) in [5.41, 5.74) is 1.98. The van der Waals surface area contributed by atoms with Crippen molar-refractivity contribution in [3.8, 4) is 5.75 Å². The van der Waals surface area contributed by atoms with Crippen LogP contribution < -0.4 is 5.32 Å². The van der Waals surface area contributed by atoms with E-state index in [-0.39, 0.29) is 29.1 Å². The molecule has 1 aliphatic heterocycles. The summed E-state index contributed by atoms with van der Waals surface area (Å²) in [7, 11) is 0. The standard InChI is InChI=1S/C19H22ClN3O2/c20-17-9-14(5-6-18(17)24)10-19(25)22-16-4-2-8-23(13-16)12-15-3-1-7-21-11-15/h1,3,5-7,9,11,16,24H,2,4,8,10,12-13H2,(H,22,25)/t16-/m0/s1. The lowest BCUT2D eigenvalue weighted by atomic mass is 10.0. The molecule has 1 aromatic carbocycles. The third-order valence-corrected chi connectivity index (χ3v) is 4.68. The first kappa shape index (κ1) is 17.7. The molecule has 0 bridgehead atoms. The molecule has 0 unspecified atom stereocenters. The topological polar surface area (TPSA) is 65.5 Å². The van der Waals surface area contributed by atoms with Crippen molar-refractivity contribution in [1.82, 2.24) is 15.2 Å². The number of carbonyl (C=O) groups is 1. The summed E-state index contributed by atoms with van der Waals surface area (Å²) in [6.45, 7) is 2.74. The van der Waals surface area contributed by atoms with E-state index in [1.165, 1.54) is 11.6 Å². The van der Waals surface area contributed by atoms with Gasteiger partial charge in [0.1, 0.15) is 5.75 Å². The van der Waals surface area contributed by atoms with Gasteiger partial charge in [0, 0.05) is 31.5 Å². The van der Waals surface area contributed by atoms with Crippen molar-refractivity contribution < 1.29 is 9.90 Å². The molecule has 25 heavy (non-hydrogen) atoms. The van der Waals surface area contributed by atoms with Gasteiger partial charge in [-0.05, 0) is 48.7 Å². The number of aromatic nitrogens is 1. The number of halogens is 1. The number of nitrogens with zero attached hydrogens (tertiary/aromatic N) is 2. The largest absolute Gasteiger partial charge is 0.506 e. The number of nitrogens with one attached hydrogen (secondary N) is 1. The van der Waals surface area contributed by atoms with Crippen molar-refractivity contribution in [1.29, 1.82) is 0 Å². The van der Waals surface area contributed by atoms with E-state index in [1.807, 2.05) is 12.3 Å². The number of phenols is 1. The summed E-state index contributed by atoms with van der Waals surface area (Å²) in [6, 6.07) is 9.04. The van der Waals surface area contributed by atoms with Gasteiger partial charge in [0.2, 0.25) is 5.91 Å². The van der Waals surface area contributed by atoms with Gasteiger partial charge >= 0.3 is 0 Å². The van der Waals surface area contributed by atoms with Crippen LogP contribution >= 0.6 is 11.6 Å². The molecule has 1 fully saturated rings. The van der Waals surface area contributed by atoms with Crippen LogP contribution in [0.25, 0.3) is 0 Å². The maximum absolute atomic E-state index is 12.3. The van der Waals surface area contributed by atoms with Crippen molar-refractivity contribution in [2.45, 2.75) is 31.8 Å². The second-order valence-corrected chi connectivity index (χ2v) is 6.87.